The predicted octanol–water partition coefficient (Wildman–Crippen LogP) is 3.74. The van der Waals surface area contributed by atoms with E-state index in [0.717, 1.165) is 65.8 Å². The first-order valence-electron chi connectivity index (χ1n) is 13.7. The molecule has 0 spiro atoms. The number of ether oxygens (including phenoxy) is 6. The first-order valence-corrected chi connectivity index (χ1v) is 13.7. The molecule has 16 heteroatoms. The molecular weight excluding hydrogens is 636 g/mol. The number of carbonyl (C=O) groups is 8. The van der Waals surface area contributed by atoms with Crippen LogP contribution in [0.4, 0.5) is 11.4 Å². The highest BCUT2D eigenvalue weighted by Crippen LogP contribution is 2.41. The highest BCUT2D eigenvalue weighted by Gasteiger charge is 2.24. The predicted molar refractivity (Wildman–Crippen MR) is 163 cm³/mol. The monoisotopic (exact) mass is 664 g/mol. The van der Waals surface area contributed by atoms with Crippen LogP contribution in [0.1, 0.15) is 62.3 Å². The first kappa shape index (κ1) is 35.9. The van der Waals surface area contributed by atoms with E-state index in [1.54, 1.807) is 0 Å². The summed E-state index contributed by atoms with van der Waals surface area (Å²) < 4.78 is 30.4. The number of benzene rings is 3. The summed E-state index contributed by atoms with van der Waals surface area (Å²) in [5, 5.41) is 5.17. The Balaban J connectivity index is 1.87. The van der Waals surface area contributed by atoms with Gasteiger partial charge in [0.2, 0.25) is 11.5 Å². The van der Waals surface area contributed by atoms with Crippen LogP contribution < -0.4 is 39.1 Å². The van der Waals surface area contributed by atoms with Crippen LogP contribution in [0.2, 0.25) is 0 Å². The third kappa shape index (κ3) is 10.2. The van der Waals surface area contributed by atoms with Crippen molar-refractivity contribution in [2.45, 2.75) is 41.5 Å². The maximum absolute atomic E-state index is 13.1. The smallest absolute Gasteiger partial charge is 0.308 e. The van der Waals surface area contributed by atoms with Gasteiger partial charge in [-0.3, -0.25) is 38.4 Å². The lowest BCUT2D eigenvalue weighted by Crippen LogP contribution is -2.16. The van der Waals surface area contributed by atoms with Gasteiger partial charge in [-0.1, -0.05) is 0 Å². The topological polar surface area (TPSA) is 216 Å². The average molecular weight is 665 g/mol. The quantitative estimate of drug-likeness (QED) is 0.233. The van der Waals surface area contributed by atoms with Crippen molar-refractivity contribution in [3.05, 3.63) is 59.7 Å². The number of hydrogen-bond acceptors (Lipinski definition) is 14. The van der Waals surface area contributed by atoms with Gasteiger partial charge < -0.3 is 39.1 Å². The Labute approximate surface area is 272 Å². The molecule has 2 N–H and O–H groups in total. The van der Waals surface area contributed by atoms with E-state index < -0.39 is 47.6 Å². The third-order valence-electron chi connectivity index (χ3n) is 5.47. The van der Waals surface area contributed by atoms with Gasteiger partial charge in [-0.05, 0) is 48.5 Å². The molecule has 0 atom stereocenters. The molecule has 3 aromatic rings. The van der Waals surface area contributed by atoms with E-state index >= 15 is 0 Å². The van der Waals surface area contributed by atoms with E-state index in [-0.39, 0.29) is 57.0 Å². The van der Waals surface area contributed by atoms with Crippen LogP contribution in [-0.2, 0) is 28.8 Å². The van der Waals surface area contributed by atoms with E-state index in [9.17, 15) is 38.4 Å². The second-order valence-electron chi connectivity index (χ2n) is 9.65. The summed E-state index contributed by atoms with van der Waals surface area (Å²) in [6.07, 6.45) is 0. The molecule has 0 heterocycles. The van der Waals surface area contributed by atoms with E-state index in [1.807, 2.05) is 0 Å². The van der Waals surface area contributed by atoms with Crippen molar-refractivity contribution in [1.82, 2.24) is 0 Å². The molecule has 0 saturated carbocycles. The molecule has 0 aromatic heterocycles. The Morgan fingerprint density at radius 1 is 0.396 bits per heavy atom. The molecule has 0 unspecified atom stereocenters. The van der Waals surface area contributed by atoms with E-state index in [0.29, 0.717) is 0 Å². The van der Waals surface area contributed by atoms with Crippen LogP contribution in [-0.4, -0.2) is 47.6 Å². The first-order chi connectivity index (χ1) is 22.5. The fourth-order valence-electron chi connectivity index (χ4n) is 3.87. The number of carbonyl (C=O) groups excluding carboxylic acids is 8. The second kappa shape index (κ2) is 15.6. The zero-order chi connectivity index (χ0) is 35.7. The van der Waals surface area contributed by atoms with E-state index in [4.69, 9.17) is 28.4 Å². The van der Waals surface area contributed by atoms with Gasteiger partial charge in [0, 0.05) is 64.0 Å². The van der Waals surface area contributed by atoms with Crippen molar-refractivity contribution in [2.24, 2.45) is 0 Å². The number of anilines is 2. The molecule has 16 nitrogen and oxygen atoms in total. The Hall–Kier alpha value is -6.58. The summed E-state index contributed by atoms with van der Waals surface area (Å²) in [5.41, 5.74) is 0.204. The molecule has 0 saturated heterocycles. The minimum Gasteiger partial charge on any atom is -0.423 e. The van der Waals surface area contributed by atoms with Crippen LogP contribution in [0, 0.1) is 0 Å². The normalized spacial score (nSPS) is 10.1. The molecule has 0 aliphatic rings. The Morgan fingerprint density at radius 3 is 0.833 bits per heavy atom. The molecule has 250 valence electrons. The SMILES string of the molecule is CC(=O)Oc1cc(C(=O)Nc2ccc(NC(=O)c3cc(OC(C)=O)c(OC(C)=O)c(OC(C)=O)c3)cc2)cc(OC(C)=O)c1OC(C)=O. The van der Waals surface area contributed by atoms with Gasteiger partial charge in [0.1, 0.15) is 0 Å². The van der Waals surface area contributed by atoms with Crippen LogP contribution >= 0.6 is 0 Å². The van der Waals surface area contributed by atoms with E-state index in [2.05, 4.69) is 10.6 Å². The van der Waals surface area contributed by atoms with Gasteiger partial charge in [-0.15, -0.1) is 0 Å². The van der Waals surface area contributed by atoms with Gasteiger partial charge in [0.15, 0.2) is 23.0 Å². The summed E-state index contributed by atoms with van der Waals surface area (Å²) >= 11 is 0. The van der Waals surface area contributed by atoms with Crippen LogP contribution in [0.25, 0.3) is 0 Å². The van der Waals surface area contributed by atoms with Gasteiger partial charge in [-0.25, -0.2) is 0 Å². The number of rotatable bonds is 10. The van der Waals surface area contributed by atoms with Crippen molar-refractivity contribution in [2.75, 3.05) is 10.6 Å². The van der Waals surface area contributed by atoms with Gasteiger partial charge >= 0.3 is 35.8 Å². The van der Waals surface area contributed by atoms with Crippen LogP contribution in [0.15, 0.2) is 48.5 Å². The van der Waals surface area contributed by atoms with Crippen molar-refractivity contribution in [3.63, 3.8) is 0 Å². The summed E-state index contributed by atoms with van der Waals surface area (Å²) in [4.78, 5) is 96.1. The number of nitrogens with one attached hydrogen (secondary N) is 2. The van der Waals surface area contributed by atoms with Crippen molar-refractivity contribution in [1.29, 1.82) is 0 Å². The number of hydrogen-bond donors (Lipinski definition) is 2. The number of amides is 2. The summed E-state index contributed by atoms with van der Waals surface area (Å²) in [6, 6.07) is 10.2. The highest BCUT2D eigenvalue weighted by atomic mass is 16.6. The summed E-state index contributed by atoms with van der Waals surface area (Å²) in [6.45, 7) is 6.45. The molecule has 0 aliphatic heterocycles. The average Bonchev–Trinajstić information content (AvgIpc) is 2.95. The molecule has 3 rings (SSSR count). The Bertz CT molecular complexity index is 1620. The summed E-state index contributed by atoms with van der Waals surface area (Å²) in [5.74, 6) is -8.52. The maximum atomic E-state index is 13.1. The Morgan fingerprint density at radius 2 is 0.625 bits per heavy atom. The lowest BCUT2D eigenvalue weighted by Gasteiger charge is -2.15. The van der Waals surface area contributed by atoms with Gasteiger partial charge in [-0.2, -0.15) is 0 Å². The third-order valence-corrected chi connectivity index (χ3v) is 5.47. The van der Waals surface area contributed by atoms with Crippen molar-refractivity contribution < 1.29 is 66.8 Å². The molecule has 0 aliphatic carbocycles. The summed E-state index contributed by atoms with van der Waals surface area (Å²) in [7, 11) is 0. The zero-order valence-corrected chi connectivity index (χ0v) is 26.3. The number of esters is 6. The molecule has 2 amide bonds. The van der Waals surface area contributed by atoms with Gasteiger partial charge in [0.05, 0.1) is 0 Å². The van der Waals surface area contributed by atoms with E-state index in [1.165, 1.54) is 24.3 Å². The highest BCUT2D eigenvalue weighted by molar-refractivity contribution is 6.07. The molecular formula is C32H28N2O14. The minimum absolute atomic E-state index is 0.139. The second-order valence-corrected chi connectivity index (χ2v) is 9.65. The largest absolute Gasteiger partial charge is 0.423 e. The van der Waals surface area contributed by atoms with Gasteiger partial charge in [0.25, 0.3) is 11.8 Å². The lowest BCUT2D eigenvalue weighted by molar-refractivity contribution is -0.135. The fraction of sp³-hybridized carbons (Fsp3) is 0.188. The minimum atomic E-state index is -0.810. The van der Waals surface area contributed by atoms with Crippen LogP contribution in [0.3, 0.4) is 0 Å². The molecule has 3 aromatic carbocycles. The standard InChI is InChI=1S/C32H28N2O14/c1-15(35)43-25-11-21(12-26(44-16(2)36)29(25)47-19(5)39)31(41)33-23-7-9-24(10-8-23)34-32(42)22-13-27(45-17(3)37)30(48-20(6)40)28(14-22)46-18(4)38/h7-14H,1-6H3,(H,33,41)(H,34,42). The maximum Gasteiger partial charge on any atom is 0.308 e. The Kier molecular flexibility index (Phi) is 11.7. The van der Waals surface area contributed by atoms with Crippen molar-refractivity contribution >= 4 is 59.0 Å². The molecule has 48 heavy (non-hydrogen) atoms. The fourth-order valence-corrected chi connectivity index (χ4v) is 3.87. The molecule has 0 fully saturated rings. The molecule has 0 radical (unpaired) electrons. The van der Waals surface area contributed by atoms with Crippen molar-refractivity contribution in [3.8, 4) is 34.5 Å². The molecule has 0 bridgehead atoms. The van der Waals surface area contributed by atoms with Crippen LogP contribution in [0.5, 0.6) is 34.5 Å². The lowest BCUT2D eigenvalue weighted by atomic mass is 10.1. The zero-order valence-electron chi connectivity index (χ0n) is 26.3.